The van der Waals surface area contributed by atoms with Crippen molar-refractivity contribution >= 4 is 27.3 Å². The van der Waals surface area contributed by atoms with Crippen LogP contribution in [-0.2, 0) is 0 Å². The van der Waals surface area contributed by atoms with Gasteiger partial charge in [-0.3, -0.25) is 0 Å². The first-order valence-corrected chi connectivity index (χ1v) is 8.01. The maximum Gasteiger partial charge on any atom is 0.120 e. The van der Waals surface area contributed by atoms with Gasteiger partial charge in [0.15, 0.2) is 0 Å². The lowest BCUT2D eigenvalue weighted by Gasteiger charge is -2.18. The van der Waals surface area contributed by atoms with Gasteiger partial charge in [0.25, 0.3) is 0 Å². The molecule has 0 aliphatic rings. The molecule has 1 heterocycles. The Morgan fingerprint density at radius 1 is 1.26 bits per heavy atom. The van der Waals surface area contributed by atoms with Crippen LogP contribution in [0.25, 0.3) is 0 Å². The van der Waals surface area contributed by atoms with E-state index in [2.05, 4.69) is 44.1 Å². The van der Waals surface area contributed by atoms with Gasteiger partial charge in [-0.05, 0) is 65.5 Å². The van der Waals surface area contributed by atoms with E-state index in [-0.39, 0.29) is 12.1 Å². The Labute approximate surface area is 126 Å². The van der Waals surface area contributed by atoms with Crippen LogP contribution in [0.4, 0.5) is 0 Å². The fraction of sp³-hybridized carbons (Fsp3) is 0.333. The molecular weight excluding hydrogens is 322 g/mol. The molecule has 1 N–H and O–H groups in total. The van der Waals surface area contributed by atoms with E-state index < -0.39 is 0 Å². The van der Waals surface area contributed by atoms with Crippen LogP contribution in [0.5, 0.6) is 5.75 Å². The maximum absolute atomic E-state index is 5.76. The van der Waals surface area contributed by atoms with Gasteiger partial charge in [0, 0.05) is 9.85 Å². The van der Waals surface area contributed by atoms with E-state index in [9.17, 15) is 0 Å². The third-order valence-electron chi connectivity index (χ3n) is 2.81. The average Bonchev–Trinajstić information content (AvgIpc) is 2.77. The van der Waals surface area contributed by atoms with Crippen LogP contribution < -0.4 is 10.1 Å². The minimum atomic E-state index is 0.177. The first-order valence-electron chi connectivity index (χ1n) is 6.27. The monoisotopic (exact) mass is 339 g/mol. The van der Waals surface area contributed by atoms with E-state index >= 15 is 0 Å². The molecule has 2 nitrogen and oxygen atoms in total. The van der Waals surface area contributed by atoms with E-state index in [4.69, 9.17) is 4.74 Å². The van der Waals surface area contributed by atoms with Gasteiger partial charge in [0.05, 0.1) is 12.1 Å². The third kappa shape index (κ3) is 3.59. The normalized spacial score (nSPS) is 12.7. The topological polar surface area (TPSA) is 21.3 Å². The second-order valence-corrected chi connectivity index (χ2v) is 6.23. The van der Waals surface area contributed by atoms with Crippen LogP contribution in [-0.4, -0.2) is 13.2 Å². The number of rotatable bonds is 5. The highest BCUT2D eigenvalue weighted by Gasteiger charge is 2.16. The molecule has 0 spiro atoms. The average molecular weight is 340 g/mol. The molecule has 0 amide bonds. The highest BCUT2D eigenvalue weighted by molar-refractivity contribution is 9.10. The Bertz CT molecular complexity index is 538. The summed E-state index contributed by atoms with van der Waals surface area (Å²) < 4.78 is 6.91. The fourth-order valence-corrected chi connectivity index (χ4v) is 3.59. The Morgan fingerprint density at radius 2 is 2.05 bits per heavy atom. The maximum atomic E-state index is 5.76. The molecule has 1 atom stereocenters. The number of halogens is 1. The standard InChI is InChI=1S/C15H18BrNOS/c1-10(2)18-12-6-4-5-11(7-12)15(17-3)13-8-19-9-14(13)16/h4-10,15,17H,1-3H3. The number of ether oxygens (including phenoxy) is 1. The SMILES string of the molecule is CNC(c1cccc(OC(C)C)c1)c1cscc1Br. The predicted molar refractivity (Wildman–Crippen MR) is 85.1 cm³/mol. The van der Waals surface area contributed by atoms with E-state index in [1.165, 1.54) is 11.1 Å². The van der Waals surface area contributed by atoms with Gasteiger partial charge in [0.1, 0.15) is 5.75 Å². The van der Waals surface area contributed by atoms with Crippen molar-refractivity contribution in [1.29, 1.82) is 0 Å². The van der Waals surface area contributed by atoms with E-state index in [1.54, 1.807) is 11.3 Å². The Morgan fingerprint density at radius 3 is 2.63 bits per heavy atom. The van der Waals surface area contributed by atoms with E-state index in [0.29, 0.717) is 0 Å². The first kappa shape index (κ1) is 14.6. The van der Waals surface area contributed by atoms with Gasteiger partial charge in [-0.1, -0.05) is 12.1 Å². The molecule has 0 aliphatic heterocycles. The molecule has 2 aromatic rings. The second kappa shape index (κ2) is 6.55. The van der Waals surface area contributed by atoms with Gasteiger partial charge < -0.3 is 10.1 Å². The molecule has 0 saturated carbocycles. The second-order valence-electron chi connectivity index (χ2n) is 4.64. The van der Waals surface area contributed by atoms with Crippen LogP contribution in [0.3, 0.4) is 0 Å². The van der Waals surface area contributed by atoms with Crippen molar-refractivity contribution in [2.45, 2.75) is 26.0 Å². The minimum Gasteiger partial charge on any atom is -0.491 e. The third-order valence-corrected chi connectivity index (χ3v) is 4.56. The molecule has 2 rings (SSSR count). The Hall–Kier alpha value is -0.840. The summed E-state index contributed by atoms with van der Waals surface area (Å²) in [5.74, 6) is 0.916. The Kier molecular flexibility index (Phi) is 5.02. The zero-order valence-corrected chi connectivity index (χ0v) is 13.7. The Balaban J connectivity index is 2.31. The lowest BCUT2D eigenvalue weighted by atomic mass is 10.0. The van der Waals surface area contributed by atoms with Gasteiger partial charge in [0.2, 0.25) is 0 Å². The van der Waals surface area contributed by atoms with Gasteiger partial charge >= 0.3 is 0 Å². The number of nitrogens with one attached hydrogen (secondary N) is 1. The van der Waals surface area contributed by atoms with Crippen LogP contribution in [0, 0.1) is 0 Å². The van der Waals surface area contributed by atoms with Gasteiger partial charge in [-0.25, -0.2) is 0 Å². The summed E-state index contributed by atoms with van der Waals surface area (Å²) in [5, 5.41) is 7.64. The van der Waals surface area contributed by atoms with E-state index in [1.807, 2.05) is 33.0 Å². The zero-order valence-electron chi connectivity index (χ0n) is 11.3. The lowest BCUT2D eigenvalue weighted by Crippen LogP contribution is -2.17. The van der Waals surface area contributed by atoms with Crippen LogP contribution in [0.2, 0.25) is 0 Å². The van der Waals surface area contributed by atoms with Crippen molar-refractivity contribution in [2.24, 2.45) is 0 Å². The summed E-state index contributed by atoms with van der Waals surface area (Å²) in [6, 6.07) is 8.44. The molecule has 0 saturated heterocycles. The molecule has 1 unspecified atom stereocenters. The van der Waals surface area contributed by atoms with Crippen LogP contribution in [0.15, 0.2) is 39.5 Å². The summed E-state index contributed by atoms with van der Waals surface area (Å²) in [6.45, 7) is 4.08. The summed E-state index contributed by atoms with van der Waals surface area (Å²) in [5.41, 5.74) is 2.47. The molecule has 0 aliphatic carbocycles. The van der Waals surface area contributed by atoms with Crippen molar-refractivity contribution in [1.82, 2.24) is 5.32 Å². The number of hydrogen-bond donors (Lipinski definition) is 1. The molecule has 0 fully saturated rings. The van der Waals surface area contributed by atoms with Crippen molar-refractivity contribution < 1.29 is 4.74 Å². The van der Waals surface area contributed by atoms with Crippen LogP contribution >= 0.6 is 27.3 Å². The fourth-order valence-electron chi connectivity index (χ4n) is 2.04. The molecule has 0 radical (unpaired) electrons. The number of hydrogen-bond acceptors (Lipinski definition) is 3. The molecule has 0 bridgehead atoms. The smallest absolute Gasteiger partial charge is 0.120 e. The van der Waals surface area contributed by atoms with E-state index in [0.717, 1.165) is 10.2 Å². The van der Waals surface area contributed by atoms with Crippen molar-refractivity contribution in [3.8, 4) is 5.75 Å². The highest BCUT2D eigenvalue weighted by atomic mass is 79.9. The number of thiophene rings is 1. The molecule has 102 valence electrons. The molecule has 1 aromatic heterocycles. The summed E-state index contributed by atoms with van der Waals surface area (Å²) in [6.07, 6.45) is 0.191. The van der Waals surface area contributed by atoms with Crippen molar-refractivity contribution in [2.75, 3.05) is 7.05 Å². The minimum absolute atomic E-state index is 0.177. The quantitative estimate of drug-likeness (QED) is 0.858. The van der Waals surface area contributed by atoms with Gasteiger partial charge in [-0.15, -0.1) is 0 Å². The summed E-state index contributed by atoms with van der Waals surface area (Å²) in [4.78, 5) is 0. The van der Waals surface area contributed by atoms with Gasteiger partial charge in [-0.2, -0.15) is 11.3 Å². The molecule has 19 heavy (non-hydrogen) atoms. The van der Waals surface area contributed by atoms with Crippen molar-refractivity contribution in [3.63, 3.8) is 0 Å². The summed E-state index contributed by atoms with van der Waals surface area (Å²) >= 11 is 5.30. The lowest BCUT2D eigenvalue weighted by molar-refractivity contribution is 0.242. The van der Waals surface area contributed by atoms with Crippen molar-refractivity contribution in [3.05, 3.63) is 50.6 Å². The molecular formula is C15H18BrNOS. The zero-order chi connectivity index (χ0) is 13.8. The highest BCUT2D eigenvalue weighted by Crippen LogP contribution is 2.32. The molecule has 4 heteroatoms. The van der Waals surface area contributed by atoms with Crippen LogP contribution in [0.1, 0.15) is 31.0 Å². The largest absolute Gasteiger partial charge is 0.491 e. The number of benzene rings is 1. The molecule has 1 aromatic carbocycles. The predicted octanol–water partition coefficient (Wildman–Crippen LogP) is 4.61. The summed E-state index contributed by atoms with van der Waals surface area (Å²) in [7, 11) is 1.98. The first-order chi connectivity index (χ1) is 9.11.